The number of amides is 1. The Bertz CT molecular complexity index is 640. The van der Waals surface area contributed by atoms with E-state index >= 15 is 0 Å². The SMILES string of the molecule is Cl.NC1(C(=O)NCc2ccc(COc3ccccc3)cc2)CC1. The fraction of sp³-hybridized carbons (Fsp3) is 0.278. The van der Waals surface area contributed by atoms with Gasteiger partial charge >= 0.3 is 0 Å². The second kappa shape index (κ2) is 7.49. The first-order chi connectivity index (χ1) is 10.7. The molecule has 0 radical (unpaired) electrons. The van der Waals surface area contributed by atoms with Gasteiger partial charge in [-0.25, -0.2) is 0 Å². The van der Waals surface area contributed by atoms with Gasteiger partial charge in [-0.15, -0.1) is 12.4 Å². The standard InChI is InChI=1S/C18H20N2O2.ClH/c19-18(10-11-18)17(21)20-12-14-6-8-15(9-7-14)13-22-16-4-2-1-3-5-16;/h1-9H,10-13,19H2,(H,20,21);1H. The van der Waals surface area contributed by atoms with E-state index in [-0.39, 0.29) is 18.3 Å². The largest absolute Gasteiger partial charge is 0.489 e. The van der Waals surface area contributed by atoms with Crippen LogP contribution in [-0.4, -0.2) is 11.4 Å². The average Bonchev–Trinajstić information content (AvgIpc) is 3.31. The number of ether oxygens (including phenoxy) is 1. The fourth-order valence-electron chi connectivity index (χ4n) is 2.16. The van der Waals surface area contributed by atoms with Crippen molar-refractivity contribution in [2.24, 2.45) is 5.73 Å². The maximum atomic E-state index is 11.8. The number of para-hydroxylation sites is 1. The van der Waals surface area contributed by atoms with E-state index in [2.05, 4.69) is 5.32 Å². The van der Waals surface area contributed by atoms with Crippen LogP contribution in [0.3, 0.4) is 0 Å². The minimum Gasteiger partial charge on any atom is -0.489 e. The van der Waals surface area contributed by atoms with Crippen molar-refractivity contribution in [3.8, 4) is 5.75 Å². The van der Waals surface area contributed by atoms with Crippen molar-refractivity contribution in [2.45, 2.75) is 31.5 Å². The molecule has 0 atom stereocenters. The first kappa shape index (κ1) is 17.3. The van der Waals surface area contributed by atoms with E-state index in [0.717, 1.165) is 29.7 Å². The number of halogens is 1. The molecule has 4 nitrogen and oxygen atoms in total. The number of hydrogen-bond acceptors (Lipinski definition) is 3. The minimum atomic E-state index is -0.608. The second-order valence-electron chi connectivity index (χ2n) is 5.76. The number of carbonyl (C=O) groups is 1. The quantitative estimate of drug-likeness (QED) is 0.855. The van der Waals surface area contributed by atoms with Crippen LogP contribution in [0.2, 0.25) is 0 Å². The summed E-state index contributed by atoms with van der Waals surface area (Å²) in [5, 5.41) is 2.88. The molecule has 2 aromatic carbocycles. The Labute approximate surface area is 142 Å². The zero-order chi connectivity index (χ0) is 15.4. The molecule has 0 aromatic heterocycles. The van der Waals surface area contributed by atoms with Crippen molar-refractivity contribution in [2.75, 3.05) is 0 Å². The molecule has 2 aromatic rings. The fourth-order valence-corrected chi connectivity index (χ4v) is 2.16. The molecule has 122 valence electrons. The molecule has 1 saturated carbocycles. The topological polar surface area (TPSA) is 64.4 Å². The lowest BCUT2D eigenvalue weighted by atomic mass is 10.1. The molecule has 0 aliphatic heterocycles. The molecule has 0 saturated heterocycles. The summed E-state index contributed by atoms with van der Waals surface area (Å²) in [7, 11) is 0. The molecule has 1 fully saturated rings. The smallest absolute Gasteiger partial charge is 0.240 e. The molecular weight excluding hydrogens is 312 g/mol. The van der Waals surface area contributed by atoms with E-state index in [1.54, 1.807) is 0 Å². The Hall–Kier alpha value is -2.04. The Morgan fingerprint density at radius 2 is 1.65 bits per heavy atom. The van der Waals surface area contributed by atoms with Gasteiger partial charge in [-0.05, 0) is 36.1 Å². The average molecular weight is 333 g/mol. The summed E-state index contributed by atoms with van der Waals surface area (Å²) < 4.78 is 5.70. The van der Waals surface area contributed by atoms with Crippen molar-refractivity contribution in [3.63, 3.8) is 0 Å². The van der Waals surface area contributed by atoms with Crippen molar-refractivity contribution >= 4 is 18.3 Å². The highest BCUT2D eigenvalue weighted by Crippen LogP contribution is 2.32. The molecule has 23 heavy (non-hydrogen) atoms. The molecule has 1 aliphatic rings. The van der Waals surface area contributed by atoms with Gasteiger partial charge in [-0.1, -0.05) is 42.5 Å². The van der Waals surface area contributed by atoms with E-state index in [1.165, 1.54) is 0 Å². The van der Waals surface area contributed by atoms with E-state index in [9.17, 15) is 4.79 Å². The predicted molar refractivity (Wildman–Crippen MR) is 92.5 cm³/mol. The van der Waals surface area contributed by atoms with E-state index < -0.39 is 5.54 Å². The summed E-state index contributed by atoms with van der Waals surface area (Å²) in [6.45, 7) is 1.04. The van der Waals surface area contributed by atoms with Gasteiger partial charge in [0.1, 0.15) is 12.4 Å². The summed E-state index contributed by atoms with van der Waals surface area (Å²) in [6, 6.07) is 17.8. The number of hydrogen-bond donors (Lipinski definition) is 2. The first-order valence-corrected chi connectivity index (χ1v) is 7.49. The Morgan fingerprint density at radius 1 is 1.04 bits per heavy atom. The van der Waals surface area contributed by atoms with Gasteiger partial charge in [0, 0.05) is 6.54 Å². The highest BCUT2D eigenvalue weighted by molar-refractivity contribution is 5.88. The number of benzene rings is 2. The lowest BCUT2D eigenvalue weighted by Gasteiger charge is -2.10. The van der Waals surface area contributed by atoms with Gasteiger partial charge in [-0.2, -0.15) is 0 Å². The lowest BCUT2D eigenvalue weighted by molar-refractivity contribution is -0.123. The van der Waals surface area contributed by atoms with Crippen molar-refractivity contribution in [1.29, 1.82) is 0 Å². The maximum absolute atomic E-state index is 11.8. The zero-order valence-corrected chi connectivity index (χ0v) is 13.6. The summed E-state index contributed by atoms with van der Waals surface area (Å²) in [5.74, 6) is 0.806. The van der Waals surface area contributed by atoms with Gasteiger partial charge in [0.2, 0.25) is 5.91 Å². The van der Waals surface area contributed by atoms with Gasteiger partial charge in [0.25, 0.3) is 0 Å². The summed E-state index contributed by atoms with van der Waals surface area (Å²) in [5.41, 5.74) is 7.39. The molecule has 1 amide bonds. The molecule has 5 heteroatoms. The van der Waals surface area contributed by atoms with Crippen LogP contribution in [-0.2, 0) is 17.9 Å². The second-order valence-corrected chi connectivity index (χ2v) is 5.76. The van der Waals surface area contributed by atoms with Crippen molar-refractivity contribution in [1.82, 2.24) is 5.32 Å². The molecule has 0 spiro atoms. The van der Waals surface area contributed by atoms with Crippen LogP contribution in [0.1, 0.15) is 24.0 Å². The minimum absolute atomic E-state index is 0. The third kappa shape index (κ3) is 4.71. The summed E-state index contributed by atoms with van der Waals surface area (Å²) in [6.07, 6.45) is 1.57. The predicted octanol–water partition coefficient (Wildman–Crippen LogP) is 2.79. The summed E-state index contributed by atoms with van der Waals surface area (Å²) >= 11 is 0. The third-order valence-electron chi connectivity index (χ3n) is 3.87. The van der Waals surface area contributed by atoms with Crippen LogP contribution in [0.5, 0.6) is 5.75 Å². The molecule has 3 rings (SSSR count). The molecule has 0 bridgehead atoms. The zero-order valence-electron chi connectivity index (χ0n) is 12.8. The van der Waals surface area contributed by atoms with Crippen molar-refractivity contribution < 1.29 is 9.53 Å². The molecule has 1 aliphatic carbocycles. The van der Waals surface area contributed by atoms with Crippen LogP contribution in [0.25, 0.3) is 0 Å². The normalized spacial score (nSPS) is 14.5. The highest BCUT2D eigenvalue weighted by atomic mass is 35.5. The highest BCUT2D eigenvalue weighted by Gasteiger charge is 2.45. The van der Waals surface area contributed by atoms with Crippen LogP contribution < -0.4 is 15.8 Å². The first-order valence-electron chi connectivity index (χ1n) is 7.49. The molecular formula is C18H21ClN2O2. The van der Waals surface area contributed by atoms with E-state index in [0.29, 0.717) is 13.2 Å². The molecule has 3 N–H and O–H groups in total. The van der Waals surface area contributed by atoms with Crippen LogP contribution in [0.15, 0.2) is 54.6 Å². The number of carbonyl (C=O) groups excluding carboxylic acids is 1. The summed E-state index contributed by atoms with van der Waals surface area (Å²) in [4.78, 5) is 11.8. The lowest BCUT2D eigenvalue weighted by Crippen LogP contribution is -2.42. The molecule has 0 unspecified atom stereocenters. The van der Waals surface area contributed by atoms with Crippen LogP contribution in [0.4, 0.5) is 0 Å². The van der Waals surface area contributed by atoms with Crippen LogP contribution >= 0.6 is 12.4 Å². The monoisotopic (exact) mass is 332 g/mol. The number of nitrogens with two attached hydrogens (primary N) is 1. The molecule has 0 heterocycles. The van der Waals surface area contributed by atoms with Gasteiger partial charge in [0.15, 0.2) is 0 Å². The van der Waals surface area contributed by atoms with E-state index in [1.807, 2.05) is 54.6 Å². The Balaban J connectivity index is 0.00000192. The Kier molecular flexibility index (Phi) is 5.64. The maximum Gasteiger partial charge on any atom is 0.240 e. The van der Waals surface area contributed by atoms with Crippen LogP contribution in [0, 0.1) is 0 Å². The Morgan fingerprint density at radius 3 is 2.26 bits per heavy atom. The number of nitrogens with one attached hydrogen (secondary N) is 1. The number of rotatable bonds is 6. The van der Waals surface area contributed by atoms with Crippen molar-refractivity contribution in [3.05, 3.63) is 65.7 Å². The van der Waals surface area contributed by atoms with Gasteiger partial charge in [-0.3, -0.25) is 4.79 Å². The third-order valence-corrected chi connectivity index (χ3v) is 3.87. The van der Waals surface area contributed by atoms with E-state index in [4.69, 9.17) is 10.5 Å². The van der Waals surface area contributed by atoms with Gasteiger partial charge < -0.3 is 15.8 Å². The van der Waals surface area contributed by atoms with Gasteiger partial charge in [0.05, 0.1) is 5.54 Å².